The number of carbonyl (C=O) groups excluding carboxylic acids is 3. The van der Waals surface area contributed by atoms with Crippen LogP contribution in [0, 0.1) is 11.8 Å². The Morgan fingerprint density at radius 1 is 1.07 bits per heavy atom. The minimum absolute atomic E-state index is 0.000290. The number of nitrogens with one attached hydrogen (secondary N) is 2. The van der Waals surface area contributed by atoms with Crippen molar-refractivity contribution in [3.05, 3.63) is 35.9 Å². The molecule has 0 bridgehead atoms. The molecule has 0 aliphatic heterocycles. The van der Waals surface area contributed by atoms with Crippen LogP contribution in [-0.4, -0.2) is 29.7 Å². The fourth-order valence-corrected chi connectivity index (χ4v) is 3.57. The highest BCUT2D eigenvalue weighted by atomic mass is 16.2. The lowest BCUT2D eigenvalue weighted by atomic mass is 9.95. The van der Waals surface area contributed by atoms with E-state index in [0.717, 1.165) is 37.7 Å². The summed E-state index contributed by atoms with van der Waals surface area (Å²) in [5, 5.41) is 5.83. The van der Waals surface area contributed by atoms with E-state index in [0.29, 0.717) is 6.42 Å². The zero-order valence-electron chi connectivity index (χ0n) is 16.7. The predicted molar refractivity (Wildman–Crippen MR) is 106 cm³/mol. The van der Waals surface area contributed by atoms with Crippen LogP contribution in [0.2, 0.25) is 0 Å². The molecule has 0 spiro atoms. The maximum Gasteiger partial charge on any atom is 0.243 e. The summed E-state index contributed by atoms with van der Waals surface area (Å²) in [6, 6.07) is 8.43. The van der Waals surface area contributed by atoms with Crippen molar-refractivity contribution in [3.8, 4) is 0 Å². The third-order valence-electron chi connectivity index (χ3n) is 5.61. The molecular weight excluding hydrogens is 340 g/mol. The highest BCUT2D eigenvalue weighted by Gasteiger charge is 2.31. The van der Waals surface area contributed by atoms with Gasteiger partial charge in [0.15, 0.2) is 5.78 Å². The van der Waals surface area contributed by atoms with Gasteiger partial charge in [0, 0.05) is 5.92 Å². The van der Waals surface area contributed by atoms with E-state index >= 15 is 0 Å². The van der Waals surface area contributed by atoms with Gasteiger partial charge in [0.05, 0.1) is 6.04 Å². The topological polar surface area (TPSA) is 75.3 Å². The molecule has 1 fully saturated rings. The zero-order chi connectivity index (χ0) is 19.8. The standard InChI is InChI=1S/C22H32N2O3/c1-4-15(2)20(24-21(26)18-12-8-9-13-18)22(27)23-19(16(3)25)14-17-10-6-5-7-11-17/h5-7,10-11,15,18-20H,4,8-9,12-14H2,1-3H3,(H,23,27)(H,24,26)/t15?,19-,20-/m0/s1. The minimum Gasteiger partial charge on any atom is -0.344 e. The molecule has 1 aliphatic rings. The number of Topliss-reactive ketones (excluding diaryl/α,β-unsaturated/α-hetero) is 1. The molecule has 1 aliphatic carbocycles. The van der Waals surface area contributed by atoms with Crippen molar-refractivity contribution in [2.75, 3.05) is 0 Å². The molecule has 0 saturated heterocycles. The quantitative estimate of drug-likeness (QED) is 0.700. The van der Waals surface area contributed by atoms with Crippen molar-refractivity contribution >= 4 is 17.6 Å². The SMILES string of the molecule is CCC(C)[C@H](NC(=O)C1CCCC1)C(=O)N[C@@H](Cc1ccccc1)C(C)=O. The average molecular weight is 373 g/mol. The van der Waals surface area contributed by atoms with E-state index in [9.17, 15) is 14.4 Å². The van der Waals surface area contributed by atoms with Crippen LogP contribution in [0.5, 0.6) is 0 Å². The van der Waals surface area contributed by atoms with Gasteiger partial charge in [-0.15, -0.1) is 0 Å². The zero-order valence-corrected chi connectivity index (χ0v) is 16.7. The van der Waals surface area contributed by atoms with Crippen molar-refractivity contribution < 1.29 is 14.4 Å². The number of benzene rings is 1. The highest BCUT2D eigenvalue weighted by molar-refractivity contribution is 5.92. The second kappa shape index (κ2) is 10.2. The van der Waals surface area contributed by atoms with Crippen molar-refractivity contribution in [3.63, 3.8) is 0 Å². The monoisotopic (exact) mass is 372 g/mol. The molecule has 1 aromatic rings. The van der Waals surface area contributed by atoms with Gasteiger partial charge < -0.3 is 10.6 Å². The molecule has 1 aromatic carbocycles. The molecule has 2 rings (SSSR count). The predicted octanol–water partition coefficient (Wildman–Crippen LogP) is 3.02. The second-order valence-electron chi connectivity index (χ2n) is 7.71. The molecule has 3 atom stereocenters. The first-order valence-electron chi connectivity index (χ1n) is 10.1. The summed E-state index contributed by atoms with van der Waals surface area (Å²) in [5.74, 6) is -0.378. The number of hydrogen-bond donors (Lipinski definition) is 2. The molecule has 5 nitrogen and oxygen atoms in total. The smallest absolute Gasteiger partial charge is 0.243 e. The van der Waals surface area contributed by atoms with Crippen molar-refractivity contribution in [2.24, 2.45) is 11.8 Å². The van der Waals surface area contributed by atoms with Gasteiger partial charge in [-0.25, -0.2) is 0 Å². The summed E-state index contributed by atoms with van der Waals surface area (Å²) in [5.41, 5.74) is 0.994. The number of carbonyl (C=O) groups is 3. The summed E-state index contributed by atoms with van der Waals surface area (Å²) in [6.07, 6.45) is 5.15. The van der Waals surface area contributed by atoms with E-state index in [1.54, 1.807) is 0 Å². The molecular formula is C22H32N2O3. The van der Waals surface area contributed by atoms with Gasteiger partial charge in [-0.2, -0.15) is 0 Å². The lowest BCUT2D eigenvalue weighted by Gasteiger charge is -2.27. The van der Waals surface area contributed by atoms with Crippen molar-refractivity contribution in [2.45, 2.75) is 71.4 Å². The molecule has 0 radical (unpaired) electrons. The summed E-state index contributed by atoms with van der Waals surface area (Å²) < 4.78 is 0. The minimum atomic E-state index is -0.610. The van der Waals surface area contributed by atoms with Crippen LogP contribution in [0.4, 0.5) is 0 Å². The maximum atomic E-state index is 12.9. The molecule has 148 valence electrons. The summed E-state index contributed by atoms with van der Waals surface area (Å²) in [6.45, 7) is 5.45. The third kappa shape index (κ3) is 6.19. The van der Waals surface area contributed by atoms with E-state index < -0.39 is 12.1 Å². The maximum absolute atomic E-state index is 12.9. The van der Waals surface area contributed by atoms with Crippen molar-refractivity contribution in [1.82, 2.24) is 10.6 Å². The Labute approximate surface area is 162 Å². The number of rotatable bonds is 9. The lowest BCUT2D eigenvalue weighted by Crippen LogP contribution is -2.55. The first kappa shape index (κ1) is 21.1. The van der Waals surface area contributed by atoms with Crippen LogP contribution < -0.4 is 10.6 Å². The van der Waals surface area contributed by atoms with Gasteiger partial charge in [0.2, 0.25) is 11.8 Å². The molecule has 27 heavy (non-hydrogen) atoms. The molecule has 5 heteroatoms. The van der Waals surface area contributed by atoms with Gasteiger partial charge >= 0.3 is 0 Å². The summed E-state index contributed by atoms with van der Waals surface area (Å²) in [4.78, 5) is 37.5. The van der Waals surface area contributed by atoms with Crippen LogP contribution in [0.3, 0.4) is 0 Å². The Morgan fingerprint density at radius 2 is 1.70 bits per heavy atom. The number of hydrogen-bond acceptors (Lipinski definition) is 3. The average Bonchev–Trinajstić information content (AvgIpc) is 3.20. The molecule has 1 saturated carbocycles. The van der Waals surface area contributed by atoms with Gasteiger partial charge in [0.25, 0.3) is 0 Å². The van der Waals surface area contributed by atoms with Gasteiger partial charge in [-0.1, -0.05) is 63.4 Å². The van der Waals surface area contributed by atoms with Crippen molar-refractivity contribution in [1.29, 1.82) is 0 Å². The fraction of sp³-hybridized carbons (Fsp3) is 0.591. The second-order valence-corrected chi connectivity index (χ2v) is 7.71. The normalized spacial score (nSPS) is 17.7. The van der Waals surface area contributed by atoms with E-state index in [1.807, 2.05) is 44.2 Å². The summed E-state index contributed by atoms with van der Waals surface area (Å²) >= 11 is 0. The van der Waals surface area contributed by atoms with E-state index in [1.165, 1.54) is 6.92 Å². The number of ketones is 1. The van der Waals surface area contributed by atoms with E-state index in [4.69, 9.17) is 0 Å². The Bertz CT molecular complexity index is 638. The van der Waals surface area contributed by atoms with Gasteiger partial charge in [0.1, 0.15) is 6.04 Å². The van der Waals surface area contributed by atoms with Crippen LogP contribution in [-0.2, 0) is 20.8 Å². The molecule has 2 N–H and O–H groups in total. The third-order valence-corrected chi connectivity index (χ3v) is 5.61. The van der Waals surface area contributed by atoms with Crippen LogP contribution in [0.15, 0.2) is 30.3 Å². The molecule has 0 heterocycles. The van der Waals surface area contributed by atoms with Crippen LogP contribution in [0.1, 0.15) is 58.4 Å². The number of amides is 2. The molecule has 0 aromatic heterocycles. The summed E-state index contributed by atoms with van der Waals surface area (Å²) in [7, 11) is 0. The Balaban J connectivity index is 2.05. The first-order chi connectivity index (χ1) is 12.9. The fourth-order valence-electron chi connectivity index (χ4n) is 3.57. The Kier molecular flexibility index (Phi) is 8.01. The van der Waals surface area contributed by atoms with Crippen LogP contribution >= 0.6 is 0 Å². The lowest BCUT2D eigenvalue weighted by molar-refractivity contribution is -0.133. The largest absolute Gasteiger partial charge is 0.344 e. The van der Waals surface area contributed by atoms with Gasteiger partial charge in [-0.3, -0.25) is 14.4 Å². The molecule has 2 amide bonds. The molecule has 1 unspecified atom stereocenters. The Morgan fingerprint density at radius 3 is 2.26 bits per heavy atom. The highest BCUT2D eigenvalue weighted by Crippen LogP contribution is 2.25. The Hall–Kier alpha value is -2.17. The van der Waals surface area contributed by atoms with E-state index in [2.05, 4.69) is 10.6 Å². The first-order valence-corrected chi connectivity index (χ1v) is 10.1. The van der Waals surface area contributed by atoms with Crippen LogP contribution in [0.25, 0.3) is 0 Å². The van der Waals surface area contributed by atoms with Gasteiger partial charge in [-0.05, 0) is 37.7 Å². The van der Waals surface area contributed by atoms with E-state index in [-0.39, 0.29) is 29.4 Å².